The largest absolute Gasteiger partial charge is 0.396 e. The highest BCUT2D eigenvalue weighted by Gasteiger charge is 2.24. The SMILES string of the molecule is CC1CCN(CC(=O)N2CCC(CO)CC2)CC1. The molecule has 0 aromatic rings. The van der Waals surface area contributed by atoms with Crippen molar-refractivity contribution in [1.29, 1.82) is 0 Å². The van der Waals surface area contributed by atoms with Gasteiger partial charge in [-0.1, -0.05) is 6.92 Å². The first-order chi connectivity index (χ1) is 8.69. The molecular weight excluding hydrogens is 228 g/mol. The number of aliphatic hydroxyl groups excluding tert-OH is 1. The molecule has 0 unspecified atom stereocenters. The highest BCUT2D eigenvalue weighted by Crippen LogP contribution is 2.18. The normalized spacial score (nSPS) is 24.4. The van der Waals surface area contributed by atoms with Crippen molar-refractivity contribution in [3.8, 4) is 0 Å². The number of hydrogen-bond donors (Lipinski definition) is 1. The number of amides is 1. The number of likely N-dealkylation sites (tertiary alicyclic amines) is 2. The van der Waals surface area contributed by atoms with E-state index in [1.165, 1.54) is 12.8 Å². The third-order valence-electron chi connectivity index (χ3n) is 4.46. The molecule has 2 aliphatic heterocycles. The minimum Gasteiger partial charge on any atom is -0.396 e. The number of hydrogen-bond acceptors (Lipinski definition) is 3. The predicted molar refractivity (Wildman–Crippen MR) is 71.2 cm³/mol. The topological polar surface area (TPSA) is 43.8 Å². The highest BCUT2D eigenvalue weighted by atomic mass is 16.3. The third kappa shape index (κ3) is 3.69. The highest BCUT2D eigenvalue weighted by molar-refractivity contribution is 5.78. The standard InChI is InChI=1S/C14H26N2O2/c1-12-2-6-15(7-3-12)10-14(18)16-8-4-13(11-17)5-9-16/h12-13,17H,2-11H2,1H3. The lowest BCUT2D eigenvalue weighted by atomic mass is 9.97. The Morgan fingerprint density at radius 2 is 1.72 bits per heavy atom. The van der Waals surface area contributed by atoms with Crippen LogP contribution in [0.2, 0.25) is 0 Å². The molecule has 18 heavy (non-hydrogen) atoms. The summed E-state index contributed by atoms with van der Waals surface area (Å²) in [6.45, 7) is 6.95. The van der Waals surface area contributed by atoms with Crippen molar-refractivity contribution >= 4 is 5.91 Å². The van der Waals surface area contributed by atoms with Gasteiger partial charge in [-0.15, -0.1) is 0 Å². The molecule has 2 heterocycles. The fraction of sp³-hybridized carbons (Fsp3) is 0.929. The Hall–Kier alpha value is -0.610. The molecule has 4 heteroatoms. The average molecular weight is 254 g/mol. The molecule has 1 amide bonds. The number of piperidine rings is 2. The summed E-state index contributed by atoms with van der Waals surface area (Å²) in [7, 11) is 0. The number of aliphatic hydroxyl groups is 1. The van der Waals surface area contributed by atoms with E-state index in [1.807, 2.05) is 4.90 Å². The third-order valence-corrected chi connectivity index (χ3v) is 4.46. The fourth-order valence-electron chi connectivity index (χ4n) is 2.88. The summed E-state index contributed by atoms with van der Waals surface area (Å²) in [5.41, 5.74) is 0. The maximum absolute atomic E-state index is 12.2. The Morgan fingerprint density at radius 3 is 2.28 bits per heavy atom. The molecule has 0 radical (unpaired) electrons. The van der Waals surface area contributed by atoms with Crippen molar-refractivity contribution in [2.24, 2.45) is 11.8 Å². The molecule has 2 saturated heterocycles. The van der Waals surface area contributed by atoms with E-state index >= 15 is 0 Å². The van der Waals surface area contributed by atoms with Crippen molar-refractivity contribution in [2.45, 2.75) is 32.6 Å². The van der Waals surface area contributed by atoms with Gasteiger partial charge < -0.3 is 10.0 Å². The molecular formula is C14H26N2O2. The minimum absolute atomic E-state index is 0.270. The van der Waals surface area contributed by atoms with Crippen molar-refractivity contribution in [3.63, 3.8) is 0 Å². The van der Waals surface area contributed by atoms with E-state index in [0.717, 1.165) is 44.9 Å². The molecule has 4 nitrogen and oxygen atoms in total. The number of rotatable bonds is 3. The lowest BCUT2D eigenvalue weighted by Crippen LogP contribution is -2.46. The van der Waals surface area contributed by atoms with Crippen LogP contribution in [-0.4, -0.2) is 60.1 Å². The molecule has 0 aliphatic carbocycles. The van der Waals surface area contributed by atoms with Crippen LogP contribution < -0.4 is 0 Å². The van der Waals surface area contributed by atoms with Gasteiger partial charge in [0.05, 0.1) is 6.54 Å². The monoisotopic (exact) mass is 254 g/mol. The Kier molecular flexibility index (Phi) is 5.01. The second-order valence-electron chi connectivity index (χ2n) is 5.97. The van der Waals surface area contributed by atoms with Crippen LogP contribution in [0.1, 0.15) is 32.6 Å². The van der Waals surface area contributed by atoms with Crippen molar-refractivity contribution in [1.82, 2.24) is 9.80 Å². The second-order valence-corrected chi connectivity index (χ2v) is 5.97. The van der Waals surface area contributed by atoms with Crippen molar-refractivity contribution < 1.29 is 9.90 Å². The van der Waals surface area contributed by atoms with Crippen LogP contribution in [0.25, 0.3) is 0 Å². The lowest BCUT2D eigenvalue weighted by Gasteiger charge is -2.34. The maximum atomic E-state index is 12.2. The predicted octanol–water partition coefficient (Wildman–Crippen LogP) is 0.949. The zero-order chi connectivity index (χ0) is 13.0. The van der Waals surface area contributed by atoms with Gasteiger partial charge in [-0.05, 0) is 50.6 Å². The first-order valence-electron chi connectivity index (χ1n) is 7.30. The number of carbonyl (C=O) groups excluding carboxylic acids is 1. The van der Waals surface area contributed by atoms with Gasteiger partial charge in [0.2, 0.25) is 5.91 Å². The Bertz CT molecular complexity index is 267. The smallest absolute Gasteiger partial charge is 0.236 e. The summed E-state index contributed by atoms with van der Waals surface area (Å²) >= 11 is 0. The summed E-state index contributed by atoms with van der Waals surface area (Å²) in [6, 6.07) is 0. The molecule has 0 aromatic heterocycles. The van der Waals surface area contributed by atoms with E-state index in [2.05, 4.69) is 11.8 Å². The lowest BCUT2D eigenvalue weighted by molar-refractivity contribution is -0.134. The van der Waals surface area contributed by atoms with Gasteiger partial charge >= 0.3 is 0 Å². The van der Waals surface area contributed by atoms with E-state index in [4.69, 9.17) is 5.11 Å². The van der Waals surface area contributed by atoms with Crippen LogP contribution >= 0.6 is 0 Å². The summed E-state index contributed by atoms with van der Waals surface area (Å²) in [4.78, 5) is 16.4. The zero-order valence-corrected chi connectivity index (χ0v) is 11.5. The minimum atomic E-state index is 0.270. The Balaban J connectivity index is 1.72. The quantitative estimate of drug-likeness (QED) is 0.815. The molecule has 2 rings (SSSR count). The molecule has 1 N–H and O–H groups in total. The molecule has 0 bridgehead atoms. The van der Waals surface area contributed by atoms with Crippen LogP contribution in [0.15, 0.2) is 0 Å². The second kappa shape index (κ2) is 6.53. The van der Waals surface area contributed by atoms with Crippen LogP contribution in [0, 0.1) is 11.8 Å². The van der Waals surface area contributed by atoms with E-state index in [-0.39, 0.29) is 12.5 Å². The van der Waals surface area contributed by atoms with Gasteiger partial charge in [0.15, 0.2) is 0 Å². The van der Waals surface area contributed by atoms with Gasteiger partial charge in [-0.25, -0.2) is 0 Å². The molecule has 104 valence electrons. The Morgan fingerprint density at radius 1 is 1.11 bits per heavy atom. The summed E-state index contributed by atoms with van der Waals surface area (Å²) < 4.78 is 0. The van der Waals surface area contributed by atoms with Crippen LogP contribution in [0.5, 0.6) is 0 Å². The average Bonchev–Trinajstić information content (AvgIpc) is 2.41. The summed E-state index contributed by atoms with van der Waals surface area (Å²) in [5.74, 6) is 1.50. The van der Waals surface area contributed by atoms with Crippen LogP contribution in [-0.2, 0) is 4.79 Å². The zero-order valence-electron chi connectivity index (χ0n) is 11.5. The van der Waals surface area contributed by atoms with Gasteiger partial charge in [0.25, 0.3) is 0 Å². The molecule has 2 aliphatic rings. The fourth-order valence-corrected chi connectivity index (χ4v) is 2.88. The first kappa shape index (κ1) is 13.8. The summed E-state index contributed by atoms with van der Waals surface area (Å²) in [5, 5.41) is 9.09. The molecule has 2 fully saturated rings. The van der Waals surface area contributed by atoms with Gasteiger partial charge in [-0.3, -0.25) is 9.69 Å². The maximum Gasteiger partial charge on any atom is 0.236 e. The van der Waals surface area contributed by atoms with Gasteiger partial charge in [-0.2, -0.15) is 0 Å². The van der Waals surface area contributed by atoms with Crippen molar-refractivity contribution in [3.05, 3.63) is 0 Å². The van der Waals surface area contributed by atoms with E-state index < -0.39 is 0 Å². The summed E-state index contributed by atoms with van der Waals surface area (Å²) in [6.07, 6.45) is 4.36. The molecule has 0 spiro atoms. The van der Waals surface area contributed by atoms with E-state index in [1.54, 1.807) is 0 Å². The van der Waals surface area contributed by atoms with E-state index in [9.17, 15) is 4.79 Å². The first-order valence-corrected chi connectivity index (χ1v) is 7.30. The van der Waals surface area contributed by atoms with Crippen LogP contribution in [0.3, 0.4) is 0 Å². The number of carbonyl (C=O) groups is 1. The van der Waals surface area contributed by atoms with Crippen LogP contribution in [0.4, 0.5) is 0 Å². The molecule has 0 aromatic carbocycles. The van der Waals surface area contributed by atoms with E-state index in [0.29, 0.717) is 12.5 Å². The number of nitrogens with zero attached hydrogens (tertiary/aromatic N) is 2. The molecule has 0 saturated carbocycles. The van der Waals surface area contributed by atoms with Crippen molar-refractivity contribution in [2.75, 3.05) is 39.3 Å². The Labute approximate surface area is 110 Å². The van der Waals surface area contributed by atoms with Gasteiger partial charge in [0.1, 0.15) is 0 Å². The molecule has 0 atom stereocenters. The van der Waals surface area contributed by atoms with Gasteiger partial charge in [0, 0.05) is 19.7 Å².